The Hall–Kier alpha value is -1.68. The van der Waals surface area contributed by atoms with Gasteiger partial charge < -0.3 is 0 Å². The molecule has 7 heteroatoms. The third-order valence-corrected chi connectivity index (χ3v) is 2.50. The third kappa shape index (κ3) is 2.89. The lowest BCUT2D eigenvalue weighted by atomic mass is 10.3. The topological polar surface area (TPSA) is 70.0 Å². The number of hydrogen-bond acceptors (Lipinski definition) is 3. The molecule has 1 N–H and O–H groups in total. The van der Waals surface area contributed by atoms with E-state index < -0.39 is 33.1 Å². The molecule has 0 atom stereocenters. The predicted molar refractivity (Wildman–Crippen MR) is 49.4 cm³/mol. The quantitative estimate of drug-likeness (QED) is 0.852. The SMILES string of the molecule is N#CCS(=O)(=O)Nc1c(F)cccc1F. The van der Waals surface area contributed by atoms with Crippen LogP contribution in [0.2, 0.25) is 0 Å². The third-order valence-electron chi connectivity index (χ3n) is 1.47. The summed E-state index contributed by atoms with van der Waals surface area (Å²) in [6.45, 7) is 0. The van der Waals surface area contributed by atoms with Crippen molar-refractivity contribution in [1.82, 2.24) is 0 Å². The molecular weight excluding hydrogens is 226 g/mol. The maximum absolute atomic E-state index is 13.0. The molecule has 1 rings (SSSR count). The van der Waals surface area contributed by atoms with Gasteiger partial charge in [-0.15, -0.1) is 0 Å². The molecule has 0 radical (unpaired) electrons. The van der Waals surface area contributed by atoms with E-state index in [4.69, 9.17) is 5.26 Å². The van der Waals surface area contributed by atoms with Gasteiger partial charge in [-0.2, -0.15) is 5.26 Å². The fraction of sp³-hybridized carbons (Fsp3) is 0.125. The van der Waals surface area contributed by atoms with Gasteiger partial charge in [-0.25, -0.2) is 17.2 Å². The monoisotopic (exact) mass is 232 g/mol. The number of nitrogens with one attached hydrogen (secondary N) is 1. The summed E-state index contributed by atoms with van der Waals surface area (Å²) in [7, 11) is -4.02. The number of nitriles is 1. The van der Waals surface area contributed by atoms with Gasteiger partial charge in [0.25, 0.3) is 0 Å². The van der Waals surface area contributed by atoms with Crippen LogP contribution in [0.4, 0.5) is 14.5 Å². The van der Waals surface area contributed by atoms with Crippen LogP contribution in [-0.2, 0) is 10.0 Å². The zero-order valence-corrected chi connectivity index (χ0v) is 8.18. The molecule has 15 heavy (non-hydrogen) atoms. The van der Waals surface area contributed by atoms with Gasteiger partial charge in [-0.3, -0.25) is 4.72 Å². The molecule has 4 nitrogen and oxygen atoms in total. The first-order chi connectivity index (χ1) is 6.96. The Bertz CT molecular complexity index is 488. The zero-order valence-electron chi connectivity index (χ0n) is 7.37. The molecule has 0 aliphatic carbocycles. The van der Waals surface area contributed by atoms with E-state index >= 15 is 0 Å². The molecular formula is C8H6F2N2O2S. The molecule has 1 aromatic carbocycles. The summed E-state index contributed by atoms with van der Waals surface area (Å²) in [6.07, 6.45) is 0. The van der Waals surface area contributed by atoms with Crippen LogP contribution in [0.5, 0.6) is 0 Å². The van der Waals surface area contributed by atoms with E-state index in [2.05, 4.69) is 0 Å². The van der Waals surface area contributed by atoms with Crippen molar-refractivity contribution in [2.45, 2.75) is 0 Å². The summed E-state index contributed by atoms with van der Waals surface area (Å²) in [6, 6.07) is 4.30. The van der Waals surface area contributed by atoms with E-state index in [0.717, 1.165) is 18.2 Å². The van der Waals surface area contributed by atoms with Gasteiger partial charge in [-0.05, 0) is 12.1 Å². The van der Waals surface area contributed by atoms with Gasteiger partial charge in [-0.1, -0.05) is 6.07 Å². The highest BCUT2D eigenvalue weighted by Crippen LogP contribution is 2.19. The number of nitrogens with zero attached hydrogens (tertiary/aromatic N) is 1. The van der Waals surface area contributed by atoms with Crippen molar-refractivity contribution < 1.29 is 17.2 Å². The largest absolute Gasteiger partial charge is 0.277 e. The fourth-order valence-electron chi connectivity index (χ4n) is 0.872. The molecule has 0 aliphatic heterocycles. The average molecular weight is 232 g/mol. The van der Waals surface area contributed by atoms with Crippen molar-refractivity contribution in [3.63, 3.8) is 0 Å². The Morgan fingerprint density at radius 1 is 1.33 bits per heavy atom. The molecule has 1 aromatic rings. The van der Waals surface area contributed by atoms with Gasteiger partial charge in [0.2, 0.25) is 10.0 Å². The Balaban J connectivity index is 3.06. The molecule has 0 amide bonds. The summed E-state index contributed by atoms with van der Waals surface area (Å²) in [4.78, 5) is 0. The standard InChI is InChI=1S/C8H6F2N2O2S/c9-6-2-1-3-7(10)8(6)12-15(13,14)5-4-11/h1-3,12H,5H2. The molecule has 0 aromatic heterocycles. The summed E-state index contributed by atoms with van der Waals surface area (Å²) in [5, 5.41) is 8.16. The number of sulfonamides is 1. The lowest BCUT2D eigenvalue weighted by molar-refractivity contribution is 0.584. The first-order valence-electron chi connectivity index (χ1n) is 3.78. The predicted octanol–water partition coefficient (Wildman–Crippen LogP) is 1.23. The van der Waals surface area contributed by atoms with E-state index in [1.165, 1.54) is 6.07 Å². The zero-order chi connectivity index (χ0) is 11.5. The number of rotatable bonds is 3. The van der Waals surface area contributed by atoms with Crippen LogP contribution in [0.1, 0.15) is 0 Å². The molecule has 0 bridgehead atoms. The highest BCUT2D eigenvalue weighted by molar-refractivity contribution is 7.92. The Labute approximate surface area is 85.2 Å². The van der Waals surface area contributed by atoms with Crippen molar-refractivity contribution in [2.75, 3.05) is 10.5 Å². The van der Waals surface area contributed by atoms with Crippen molar-refractivity contribution in [3.05, 3.63) is 29.8 Å². The molecule has 0 unspecified atom stereocenters. The van der Waals surface area contributed by atoms with E-state index in [1.54, 1.807) is 4.72 Å². The molecule has 0 heterocycles. The minimum absolute atomic E-state index is 0.771. The van der Waals surface area contributed by atoms with E-state index in [9.17, 15) is 17.2 Å². The second kappa shape index (κ2) is 4.23. The van der Waals surface area contributed by atoms with E-state index in [1.807, 2.05) is 0 Å². The van der Waals surface area contributed by atoms with E-state index in [-0.39, 0.29) is 0 Å². The van der Waals surface area contributed by atoms with Crippen LogP contribution in [-0.4, -0.2) is 14.2 Å². The van der Waals surface area contributed by atoms with Crippen LogP contribution in [0, 0.1) is 23.0 Å². The van der Waals surface area contributed by atoms with Crippen LogP contribution >= 0.6 is 0 Å². The molecule has 80 valence electrons. The average Bonchev–Trinajstić information content (AvgIpc) is 2.11. The van der Waals surface area contributed by atoms with Crippen molar-refractivity contribution >= 4 is 15.7 Å². The van der Waals surface area contributed by atoms with Gasteiger partial charge in [0.1, 0.15) is 17.3 Å². The Morgan fingerprint density at radius 3 is 2.33 bits per heavy atom. The smallest absolute Gasteiger partial charge is 0.246 e. The summed E-state index contributed by atoms with van der Waals surface area (Å²) in [5.74, 6) is -2.92. The second-order valence-corrected chi connectivity index (χ2v) is 4.34. The Kier molecular flexibility index (Phi) is 3.21. The van der Waals surface area contributed by atoms with Gasteiger partial charge in [0.15, 0.2) is 5.75 Å². The lowest BCUT2D eigenvalue weighted by Gasteiger charge is -2.06. The Morgan fingerprint density at radius 2 is 1.87 bits per heavy atom. The van der Waals surface area contributed by atoms with Gasteiger partial charge in [0.05, 0.1) is 6.07 Å². The highest BCUT2D eigenvalue weighted by atomic mass is 32.2. The molecule has 0 saturated carbocycles. The fourth-order valence-corrected chi connectivity index (χ4v) is 1.62. The summed E-state index contributed by atoms with van der Waals surface area (Å²) < 4.78 is 49.7. The van der Waals surface area contributed by atoms with Crippen LogP contribution < -0.4 is 4.72 Å². The van der Waals surface area contributed by atoms with Gasteiger partial charge in [0, 0.05) is 0 Å². The van der Waals surface area contributed by atoms with Crippen LogP contribution in [0.3, 0.4) is 0 Å². The van der Waals surface area contributed by atoms with Gasteiger partial charge >= 0.3 is 0 Å². The number of hydrogen-bond donors (Lipinski definition) is 1. The van der Waals surface area contributed by atoms with Crippen LogP contribution in [0.25, 0.3) is 0 Å². The minimum atomic E-state index is -4.02. The number of benzene rings is 1. The molecule has 0 aliphatic rings. The summed E-state index contributed by atoms with van der Waals surface area (Å²) in [5.41, 5.74) is -0.771. The molecule has 0 fully saturated rings. The maximum atomic E-state index is 13.0. The number of para-hydroxylation sites is 1. The first-order valence-corrected chi connectivity index (χ1v) is 5.43. The second-order valence-electron chi connectivity index (χ2n) is 2.62. The summed E-state index contributed by atoms with van der Waals surface area (Å²) >= 11 is 0. The lowest BCUT2D eigenvalue weighted by Crippen LogP contribution is -2.17. The van der Waals surface area contributed by atoms with Crippen molar-refractivity contribution in [3.8, 4) is 6.07 Å². The maximum Gasteiger partial charge on any atom is 0.246 e. The van der Waals surface area contributed by atoms with Crippen LogP contribution in [0.15, 0.2) is 18.2 Å². The minimum Gasteiger partial charge on any atom is -0.277 e. The van der Waals surface area contributed by atoms with Crippen molar-refractivity contribution in [2.24, 2.45) is 0 Å². The first kappa shape index (κ1) is 11.4. The normalized spacial score (nSPS) is 10.7. The number of anilines is 1. The van der Waals surface area contributed by atoms with Crippen molar-refractivity contribution in [1.29, 1.82) is 5.26 Å². The number of halogens is 2. The highest BCUT2D eigenvalue weighted by Gasteiger charge is 2.15. The molecule has 0 saturated heterocycles. The van der Waals surface area contributed by atoms with E-state index in [0.29, 0.717) is 0 Å². The molecule has 0 spiro atoms.